The highest BCUT2D eigenvalue weighted by molar-refractivity contribution is 6.35. The Labute approximate surface area is 153 Å². The number of hydrogen-bond donors (Lipinski definition) is 2. The number of carbonyl (C=O) groups is 1. The summed E-state index contributed by atoms with van der Waals surface area (Å²) in [6, 6.07) is 15.2. The molecule has 0 radical (unpaired) electrons. The van der Waals surface area contributed by atoms with Gasteiger partial charge in [-0.1, -0.05) is 67.4 Å². The van der Waals surface area contributed by atoms with Crippen LogP contribution in [-0.4, -0.2) is 11.9 Å². The normalized spacial score (nSPS) is 13.6. The number of nitrogens with one attached hydrogen (secondary N) is 1. The molecule has 2 aromatic rings. The number of nitrogens with two attached hydrogens (primary N) is 1. The summed E-state index contributed by atoms with van der Waals surface area (Å²) in [6.07, 6.45) is 0. The van der Waals surface area contributed by atoms with Gasteiger partial charge in [0, 0.05) is 16.5 Å². The lowest BCUT2D eigenvalue weighted by Crippen LogP contribution is -2.93. The van der Waals surface area contributed by atoms with Gasteiger partial charge in [0.25, 0.3) is 5.91 Å². The third-order valence-corrected chi connectivity index (χ3v) is 4.56. The van der Waals surface area contributed by atoms with Gasteiger partial charge >= 0.3 is 0 Å². The summed E-state index contributed by atoms with van der Waals surface area (Å²) < 4.78 is 0. The summed E-state index contributed by atoms with van der Waals surface area (Å²) in [4.78, 5) is 12.5. The van der Waals surface area contributed by atoms with E-state index in [0.29, 0.717) is 21.7 Å². The van der Waals surface area contributed by atoms with Crippen LogP contribution in [0.15, 0.2) is 48.5 Å². The van der Waals surface area contributed by atoms with Crippen molar-refractivity contribution in [2.75, 3.05) is 5.32 Å². The Hall–Kier alpha value is -1.55. The van der Waals surface area contributed by atoms with Gasteiger partial charge in [-0.2, -0.15) is 0 Å². The molecule has 0 unspecified atom stereocenters. The zero-order chi connectivity index (χ0) is 17.7. The second-order valence-electron chi connectivity index (χ2n) is 6.28. The predicted molar refractivity (Wildman–Crippen MR) is 101 cm³/mol. The standard InChI is InChI=1S/C19H22Cl2N2O/c1-12(2)18(14-7-5-4-6-8-14)22-13(3)19(24)23-17-11-15(20)9-10-16(17)21/h4-13,18,22H,1-3H3,(H,23,24)/p+1/t13-,18-/m1/s1. The predicted octanol–water partition coefficient (Wildman–Crippen LogP) is 4.28. The van der Waals surface area contributed by atoms with Gasteiger partial charge in [-0.3, -0.25) is 4.79 Å². The molecule has 3 nitrogen and oxygen atoms in total. The number of hydrogen-bond acceptors (Lipinski definition) is 1. The molecule has 0 fully saturated rings. The Morgan fingerprint density at radius 3 is 2.33 bits per heavy atom. The molecule has 2 rings (SSSR count). The maximum Gasteiger partial charge on any atom is 0.282 e. The van der Waals surface area contributed by atoms with Crippen LogP contribution in [0.5, 0.6) is 0 Å². The minimum Gasteiger partial charge on any atom is -0.330 e. The molecular formula is C19H23Cl2N2O+. The molecule has 2 atom stereocenters. The van der Waals surface area contributed by atoms with Crippen LogP contribution in [0, 0.1) is 5.92 Å². The Kier molecular flexibility index (Phi) is 6.67. The Bertz CT molecular complexity index is 689. The highest BCUT2D eigenvalue weighted by Gasteiger charge is 2.26. The van der Waals surface area contributed by atoms with Crippen LogP contribution >= 0.6 is 23.2 Å². The van der Waals surface area contributed by atoms with Gasteiger partial charge in [0.05, 0.1) is 10.7 Å². The molecule has 0 aliphatic heterocycles. The molecule has 0 aromatic heterocycles. The first kappa shape index (κ1) is 18.8. The number of halogens is 2. The number of carbonyl (C=O) groups excluding carboxylic acids is 1. The molecule has 0 aliphatic rings. The number of quaternary nitrogens is 1. The quantitative estimate of drug-likeness (QED) is 0.788. The molecular weight excluding hydrogens is 343 g/mol. The molecule has 0 bridgehead atoms. The maximum atomic E-state index is 12.5. The molecule has 0 aliphatic carbocycles. The lowest BCUT2D eigenvalue weighted by atomic mass is 9.95. The Morgan fingerprint density at radius 2 is 1.71 bits per heavy atom. The highest BCUT2D eigenvalue weighted by Crippen LogP contribution is 2.25. The fourth-order valence-corrected chi connectivity index (χ4v) is 2.97. The Balaban J connectivity index is 2.08. The summed E-state index contributed by atoms with van der Waals surface area (Å²) in [5.41, 5.74) is 1.75. The van der Waals surface area contributed by atoms with Crippen molar-refractivity contribution in [3.8, 4) is 0 Å². The van der Waals surface area contributed by atoms with Crippen LogP contribution in [0.1, 0.15) is 32.4 Å². The number of amides is 1. The van der Waals surface area contributed by atoms with Gasteiger partial charge in [-0.05, 0) is 25.1 Å². The number of benzene rings is 2. The van der Waals surface area contributed by atoms with E-state index < -0.39 is 0 Å². The summed E-state index contributed by atoms with van der Waals surface area (Å²) in [6.45, 7) is 6.21. The van der Waals surface area contributed by atoms with Crippen molar-refractivity contribution in [3.05, 3.63) is 64.1 Å². The summed E-state index contributed by atoms with van der Waals surface area (Å²) in [5.74, 6) is 0.304. The van der Waals surface area contributed by atoms with Crippen LogP contribution in [0.4, 0.5) is 5.69 Å². The molecule has 24 heavy (non-hydrogen) atoms. The van der Waals surface area contributed by atoms with Gasteiger partial charge in [0.15, 0.2) is 6.04 Å². The van der Waals surface area contributed by atoms with Crippen LogP contribution < -0.4 is 10.6 Å². The second kappa shape index (κ2) is 8.52. The van der Waals surface area contributed by atoms with E-state index >= 15 is 0 Å². The number of anilines is 1. The van der Waals surface area contributed by atoms with Crippen molar-refractivity contribution in [1.29, 1.82) is 0 Å². The zero-order valence-corrected chi connectivity index (χ0v) is 15.6. The maximum absolute atomic E-state index is 12.5. The minimum atomic E-state index is -0.257. The van der Waals surface area contributed by atoms with Crippen molar-refractivity contribution in [3.63, 3.8) is 0 Å². The van der Waals surface area contributed by atoms with E-state index in [0.717, 1.165) is 0 Å². The molecule has 128 valence electrons. The first-order chi connectivity index (χ1) is 11.4. The fraction of sp³-hybridized carbons (Fsp3) is 0.316. The van der Waals surface area contributed by atoms with Gasteiger partial charge in [0.2, 0.25) is 0 Å². The molecule has 0 saturated heterocycles. The fourth-order valence-electron chi connectivity index (χ4n) is 2.63. The van der Waals surface area contributed by atoms with Crippen molar-refractivity contribution in [1.82, 2.24) is 0 Å². The molecule has 5 heteroatoms. The molecule has 0 spiro atoms. The molecule has 0 saturated carbocycles. The van der Waals surface area contributed by atoms with Gasteiger partial charge in [-0.15, -0.1) is 0 Å². The van der Waals surface area contributed by atoms with Crippen LogP contribution in [0.25, 0.3) is 0 Å². The molecule has 2 aromatic carbocycles. The molecule has 3 N–H and O–H groups in total. The molecule has 0 heterocycles. The second-order valence-corrected chi connectivity index (χ2v) is 7.12. The average molecular weight is 366 g/mol. The third-order valence-electron chi connectivity index (χ3n) is 4.00. The van der Waals surface area contributed by atoms with E-state index in [1.54, 1.807) is 18.2 Å². The molecule has 1 amide bonds. The average Bonchev–Trinajstić information content (AvgIpc) is 2.56. The van der Waals surface area contributed by atoms with Gasteiger partial charge in [-0.25, -0.2) is 0 Å². The first-order valence-electron chi connectivity index (χ1n) is 8.04. The lowest BCUT2D eigenvalue weighted by molar-refractivity contribution is -0.718. The summed E-state index contributed by atoms with van der Waals surface area (Å²) in [7, 11) is 0. The van der Waals surface area contributed by atoms with Crippen molar-refractivity contribution < 1.29 is 10.1 Å². The zero-order valence-electron chi connectivity index (χ0n) is 14.1. The summed E-state index contributed by atoms with van der Waals surface area (Å²) in [5, 5.41) is 5.96. The smallest absolute Gasteiger partial charge is 0.282 e. The Morgan fingerprint density at radius 1 is 1.04 bits per heavy atom. The third kappa shape index (κ3) is 4.97. The SMILES string of the molecule is CC(C)[C@@H]([NH2+][C@H](C)C(=O)Nc1cc(Cl)ccc1Cl)c1ccccc1. The number of rotatable bonds is 6. The van der Waals surface area contributed by atoms with Crippen molar-refractivity contribution >= 4 is 34.8 Å². The van der Waals surface area contributed by atoms with E-state index in [2.05, 4.69) is 36.6 Å². The first-order valence-corrected chi connectivity index (χ1v) is 8.80. The summed E-state index contributed by atoms with van der Waals surface area (Å²) >= 11 is 12.1. The van der Waals surface area contributed by atoms with Crippen molar-refractivity contribution in [2.24, 2.45) is 5.92 Å². The van der Waals surface area contributed by atoms with E-state index in [-0.39, 0.29) is 18.0 Å². The minimum absolute atomic E-state index is 0.0965. The van der Waals surface area contributed by atoms with E-state index in [1.807, 2.05) is 25.1 Å². The van der Waals surface area contributed by atoms with Crippen LogP contribution in [0.3, 0.4) is 0 Å². The van der Waals surface area contributed by atoms with E-state index in [9.17, 15) is 4.79 Å². The van der Waals surface area contributed by atoms with Crippen LogP contribution in [-0.2, 0) is 4.79 Å². The van der Waals surface area contributed by atoms with E-state index in [1.165, 1.54) is 5.56 Å². The van der Waals surface area contributed by atoms with Gasteiger partial charge < -0.3 is 10.6 Å². The monoisotopic (exact) mass is 365 g/mol. The topological polar surface area (TPSA) is 45.7 Å². The van der Waals surface area contributed by atoms with E-state index in [4.69, 9.17) is 23.2 Å². The largest absolute Gasteiger partial charge is 0.330 e. The highest BCUT2D eigenvalue weighted by atomic mass is 35.5. The van der Waals surface area contributed by atoms with Gasteiger partial charge in [0.1, 0.15) is 6.04 Å². The van der Waals surface area contributed by atoms with Crippen LogP contribution in [0.2, 0.25) is 10.0 Å². The lowest BCUT2D eigenvalue weighted by Gasteiger charge is -2.23. The van der Waals surface area contributed by atoms with Crippen molar-refractivity contribution in [2.45, 2.75) is 32.9 Å².